The smallest absolute Gasteiger partial charge is 0.114 e. The summed E-state index contributed by atoms with van der Waals surface area (Å²) in [6, 6.07) is 0. The van der Waals surface area contributed by atoms with Crippen LogP contribution in [-0.2, 0) is 22.6 Å². The Kier molecular flexibility index (Phi) is 4.09. The zero-order valence-corrected chi connectivity index (χ0v) is 10.3. The van der Waals surface area contributed by atoms with Crippen molar-refractivity contribution in [1.82, 2.24) is 15.0 Å². The van der Waals surface area contributed by atoms with E-state index in [-0.39, 0.29) is 18.8 Å². The van der Waals surface area contributed by atoms with Crippen LogP contribution in [0.25, 0.3) is 0 Å². The molecule has 6 heteroatoms. The van der Waals surface area contributed by atoms with Crippen molar-refractivity contribution in [2.75, 3.05) is 13.7 Å². The Bertz CT molecular complexity index is 361. The van der Waals surface area contributed by atoms with E-state index < -0.39 is 0 Å². The van der Waals surface area contributed by atoms with Gasteiger partial charge in [-0.25, -0.2) is 4.68 Å². The monoisotopic (exact) mass is 241 g/mol. The van der Waals surface area contributed by atoms with E-state index >= 15 is 0 Å². The minimum atomic E-state index is -0.131. The largest absolute Gasteiger partial charge is 0.390 e. The molecule has 2 unspecified atom stereocenters. The fourth-order valence-corrected chi connectivity index (χ4v) is 2.14. The van der Waals surface area contributed by atoms with Gasteiger partial charge in [0.1, 0.15) is 5.69 Å². The molecule has 0 spiro atoms. The molecule has 0 aromatic carbocycles. The van der Waals surface area contributed by atoms with Crippen molar-refractivity contribution in [2.45, 2.75) is 45.1 Å². The number of rotatable bonds is 5. The van der Waals surface area contributed by atoms with Crippen LogP contribution in [0, 0.1) is 0 Å². The van der Waals surface area contributed by atoms with Crippen molar-refractivity contribution >= 4 is 0 Å². The van der Waals surface area contributed by atoms with E-state index in [1.807, 2.05) is 6.92 Å². The van der Waals surface area contributed by atoms with E-state index in [9.17, 15) is 5.11 Å². The summed E-state index contributed by atoms with van der Waals surface area (Å²) in [5.74, 6) is 0. The van der Waals surface area contributed by atoms with E-state index in [1.165, 1.54) is 0 Å². The first-order valence-corrected chi connectivity index (χ1v) is 5.93. The third kappa shape index (κ3) is 2.65. The van der Waals surface area contributed by atoms with Gasteiger partial charge in [-0.3, -0.25) is 0 Å². The molecule has 1 aliphatic heterocycles. The van der Waals surface area contributed by atoms with Crippen molar-refractivity contribution in [3.63, 3.8) is 0 Å². The highest BCUT2D eigenvalue weighted by Crippen LogP contribution is 2.21. The van der Waals surface area contributed by atoms with Gasteiger partial charge >= 0.3 is 0 Å². The number of aliphatic hydroxyl groups excluding tert-OH is 1. The van der Waals surface area contributed by atoms with Crippen LogP contribution >= 0.6 is 0 Å². The summed E-state index contributed by atoms with van der Waals surface area (Å²) in [4.78, 5) is 0. The first-order valence-electron chi connectivity index (χ1n) is 5.93. The maximum Gasteiger partial charge on any atom is 0.114 e. The van der Waals surface area contributed by atoms with Gasteiger partial charge in [-0.2, -0.15) is 0 Å². The van der Waals surface area contributed by atoms with Crippen molar-refractivity contribution in [3.05, 3.63) is 11.4 Å². The predicted molar refractivity (Wildman–Crippen MR) is 60.3 cm³/mol. The Labute approximate surface area is 101 Å². The van der Waals surface area contributed by atoms with E-state index in [1.54, 1.807) is 11.8 Å². The SMILES string of the molecule is COC(C)c1c(CO)nnn1CC1CCCO1. The Morgan fingerprint density at radius 3 is 3.06 bits per heavy atom. The van der Waals surface area contributed by atoms with E-state index in [2.05, 4.69) is 10.3 Å². The first kappa shape index (κ1) is 12.5. The number of ether oxygens (including phenoxy) is 2. The first-order chi connectivity index (χ1) is 8.26. The third-order valence-electron chi connectivity index (χ3n) is 3.14. The maximum atomic E-state index is 9.23. The Morgan fingerprint density at radius 1 is 1.65 bits per heavy atom. The van der Waals surface area contributed by atoms with Crippen LogP contribution in [0.3, 0.4) is 0 Å². The number of methoxy groups -OCH3 is 1. The summed E-state index contributed by atoms with van der Waals surface area (Å²) < 4.78 is 12.7. The minimum absolute atomic E-state index is 0.117. The fraction of sp³-hybridized carbons (Fsp3) is 0.818. The molecule has 2 atom stereocenters. The van der Waals surface area contributed by atoms with Gasteiger partial charge in [0.2, 0.25) is 0 Å². The molecule has 17 heavy (non-hydrogen) atoms. The molecular formula is C11H19N3O3. The van der Waals surface area contributed by atoms with E-state index in [4.69, 9.17) is 9.47 Å². The molecule has 96 valence electrons. The lowest BCUT2D eigenvalue weighted by atomic mass is 10.2. The normalized spacial score (nSPS) is 21.9. The molecule has 0 saturated carbocycles. The molecule has 0 radical (unpaired) electrons. The highest BCUT2D eigenvalue weighted by molar-refractivity contribution is 5.12. The fourth-order valence-electron chi connectivity index (χ4n) is 2.14. The molecule has 2 heterocycles. The molecule has 1 saturated heterocycles. The summed E-state index contributed by atoms with van der Waals surface area (Å²) in [6.07, 6.45) is 2.22. The van der Waals surface area contributed by atoms with Crippen molar-refractivity contribution < 1.29 is 14.6 Å². The summed E-state index contributed by atoms with van der Waals surface area (Å²) in [6.45, 7) is 3.30. The highest BCUT2D eigenvalue weighted by atomic mass is 16.5. The quantitative estimate of drug-likeness (QED) is 0.820. The lowest BCUT2D eigenvalue weighted by Crippen LogP contribution is -2.19. The lowest BCUT2D eigenvalue weighted by Gasteiger charge is -2.15. The van der Waals surface area contributed by atoms with Crippen molar-refractivity contribution in [2.24, 2.45) is 0 Å². The molecule has 1 aliphatic rings. The second-order valence-corrected chi connectivity index (χ2v) is 4.27. The summed E-state index contributed by atoms with van der Waals surface area (Å²) in [5, 5.41) is 17.3. The molecule has 1 N–H and O–H groups in total. The van der Waals surface area contributed by atoms with Gasteiger partial charge in [-0.1, -0.05) is 5.21 Å². The zero-order chi connectivity index (χ0) is 12.3. The summed E-state index contributed by atoms with van der Waals surface area (Å²) >= 11 is 0. The van der Waals surface area contributed by atoms with Crippen molar-refractivity contribution in [1.29, 1.82) is 0 Å². The Hall–Kier alpha value is -0.980. The molecule has 1 fully saturated rings. The Morgan fingerprint density at radius 2 is 2.47 bits per heavy atom. The average molecular weight is 241 g/mol. The summed E-state index contributed by atoms with van der Waals surface area (Å²) in [7, 11) is 1.63. The molecular weight excluding hydrogens is 222 g/mol. The van der Waals surface area contributed by atoms with E-state index in [0.29, 0.717) is 12.2 Å². The van der Waals surface area contributed by atoms with Crippen LogP contribution in [0.15, 0.2) is 0 Å². The highest BCUT2D eigenvalue weighted by Gasteiger charge is 2.22. The van der Waals surface area contributed by atoms with E-state index in [0.717, 1.165) is 25.1 Å². The minimum Gasteiger partial charge on any atom is -0.390 e. The van der Waals surface area contributed by atoms with Gasteiger partial charge in [0.15, 0.2) is 0 Å². The topological polar surface area (TPSA) is 69.4 Å². The third-order valence-corrected chi connectivity index (χ3v) is 3.14. The molecule has 0 aliphatic carbocycles. The second-order valence-electron chi connectivity index (χ2n) is 4.27. The van der Waals surface area contributed by atoms with Crippen LogP contribution < -0.4 is 0 Å². The number of aliphatic hydroxyl groups is 1. The van der Waals surface area contributed by atoms with Crippen molar-refractivity contribution in [3.8, 4) is 0 Å². The van der Waals surface area contributed by atoms with Gasteiger partial charge in [0.25, 0.3) is 0 Å². The molecule has 0 amide bonds. The lowest BCUT2D eigenvalue weighted by molar-refractivity contribution is 0.0814. The van der Waals surface area contributed by atoms with Crippen LogP contribution in [0.5, 0.6) is 0 Å². The van der Waals surface area contributed by atoms with Gasteiger partial charge < -0.3 is 14.6 Å². The van der Waals surface area contributed by atoms with Crippen LogP contribution in [-0.4, -0.2) is 39.9 Å². The second kappa shape index (κ2) is 5.57. The standard InChI is InChI=1S/C11H19N3O3/c1-8(16-2)11-10(7-15)12-13-14(11)6-9-4-3-5-17-9/h8-9,15H,3-7H2,1-2H3. The predicted octanol–water partition coefficient (Wildman–Crippen LogP) is 0.657. The maximum absolute atomic E-state index is 9.23. The van der Waals surface area contributed by atoms with Crippen LogP contribution in [0.4, 0.5) is 0 Å². The van der Waals surface area contributed by atoms with Gasteiger partial charge in [0, 0.05) is 13.7 Å². The molecule has 6 nitrogen and oxygen atoms in total. The molecule has 0 bridgehead atoms. The number of nitrogens with zero attached hydrogens (tertiary/aromatic N) is 3. The van der Waals surface area contributed by atoms with Gasteiger partial charge in [-0.15, -0.1) is 5.10 Å². The molecule has 1 aromatic heterocycles. The number of hydrogen-bond acceptors (Lipinski definition) is 5. The average Bonchev–Trinajstić information content (AvgIpc) is 2.98. The molecule has 1 aromatic rings. The van der Waals surface area contributed by atoms with Crippen LogP contribution in [0.1, 0.15) is 37.3 Å². The number of hydrogen-bond donors (Lipinski definition) is 1. The van der Waals surface area contributed by atoms with Gasteiger partial charge in [0.05, 0.1) is 31.1 Å². The Balaban J connectivity index is 2.17. The molecule has 2 rings (SSSR count). The van der Waals surface area contributed by atoms with Crippen LogP contribution in [0.2, 0.25) is 0 Å². The zero-order valence-electron chi connectivity index (χ0n) is 10.3. The van der Waals surface area contributed by atoms with Gasteiger partial charge in [-0.05, 0) is 19.8 Å². The number of aromatic nitrogens is 3. The summed E-state index contributed by atoms with van der Waals surface area (Å²) in [5.41, 5.74) is 1.42.